The van der Waals surface area contributed by atoms with E-state index in [0.717, 1.165) is 0 Å². The predicted molar refractivity (Wildman–Crippen MR) is 128 cm³/mol. The second-order valence-corrected chi connectivity index (χ2v) is 9.88. The summed E-state index contributed by atoms with van der Waals surface area (Å²) in [6, 6.07) is 12.5. The Hall–Kier alpha value is -3.60. The summed E-state index contributed by atoms with van der Waals surface area (Å²) in [5.41, 5.74) is 0.462. The number of benzene rings is 3. The van der Waals surface area contributed by atoms with E-state index in [4.69, 9.17) is 27.9 Å². The summed E-state index contributed by atoms with van der Waals surface area (Å²) in [5, 5.41) is 2.63. The van der Waals surface area contributed by atoms with Crippen LogP contribution in [0.4, 0.5) is 5.69 Å². The van der Waals surface area contributed by atoms with Gasteiger partial charge in [-0.05, 0) is 54.1 Å². The topological polar surface area (TPSA) is 128 Å². The van der Waals surface area contributed by atoms with Crippen LogP contribution < -0.4 is 14.8 Å². The number of carbonyl (C=O) groups is 3. The molecule has 2 N–H and O–H groups in total. The van der Waals surface area contributed by atoms with Gasteiger partial charge in [-0.2, -0.15) is 0 Å². The maximum Gasteiger partial charge on any atom is 0.309 e. The molecule has 4 rings (SSSR count). The molecule has 0 radical (unpaired) electrons. The van der Waals surface area contributed by atoms with Gasteiger partial charge < -0.3 is 9.47 Å². The molecule has 0 saturated carbocycles. The van der Waals surface area contributed by atoms with E-state index in [2.05, 4.69) is 14.8 Å². The summed E-state index contributed by atoms with van der Waals surface area (Å²) >= 11 is 12.2. The van der Waals surface area contributed by atoms with Crippen LogP contribution in [0.5, 0.6) is 11.5 Å². The molecular weight excluding hydrogens is 519 g/mol. The van der Waals surface area contributed by atoms with Crippen molar-refractivity contribution in [3.63, 3.8) is 0 Å². The third kappa shape index (κ3) is 5.24. The minimum atomic E-state index is -4.12. The van der Waals surface area contributed by atoms with Crippen molar-refractivity contribution in [2.45, 2.75) is 11.3 Å². The van der Waals surface area contributed by atoms with Gasteiger partial charge >= 0.3 is 5.97 Å². The van der Waals surface area contributed by atoms with Gasteiger partial charge in [0.05, 0.1) is 40.3 Å². The summed E-state index contributed by atoms with van der Waals surface area (Å²) in [6.45, 7) is 0. The standard InChI is InChI=1S/C23H16Cl2N2O7S/c1-33-21(28)9-12-2-7-19(17(25)8-12)34-20-11-16-15(22(29)26-23(16)30)10-18(20)27-35(31,32)14-5-3-13(24)4-6-14/h2-8,10-11,27H,9H2,1H3,(H,26,29,30). The van der Waals surface area contributed by atoms with Crippen molar-refractivity contribution in [3.05, 3.63) is 81.3 Å². The number of amides is 2. The van der Waals surface area contributed by atoms with Gasteiger partial charge in [0, 0.05) is 5.02 Å². The Kier molecular flexibility index (Phi) is 6.70. The zero-order valence-corrected chi connectivity index (χ0v) is 20.3. The highest BCUT2D eigenvalue weighted by Gasteiger charge is 2.30. The maximum atomic E-state index is 13.0. The molecule has 35 heavy (non-hydrogen) atoms. The first-order valence-electron chi connectivity index (χ1n) is 9.92. The fourth-order valence-electron chi connectivity index (χ4n) is 3.27. The smallest absolute Gasteiger partial charge is 0.309 e. The Morgan fingerprint density at radius 1 is 0.943 bits per heavy atom. The minimum Gasteiger partial charge on any atom is -0.469 e. The predicted octanol–water partition coefficient (Wildman–Crippen LogP) is 4.19. The third-order valence-corrected chi connectivity index (χ3v) is 6.93. The number of esters is 1. The Balaban J connectivity index is 1.73. The van der Waals surface area contributed by atoms with Crippen molar-refractivity contribution in [1.29, 1.82) is 0 Å². The number of rotatable bonds is 7. The van der Waals surface area contributed by atoms with Crippen molar-refractivity contribution in [2.75, 3.05) is 11.8 Å². The Bertz CT molecular complexity index is 1470. The second-order valence-electron chi connectivity index (χ2n) is 7.36. The molecule has 0 spiro atoms. The number of nitrogens with one attached hydrogen (secondary N) is 2. The van der Waals surface area contributed by atoms with Crippen LogP contribution in [0.25, 0.3) is 0 Å². The normalized spacial score (nSPS) is 12.7. The number of hydrogen-bond donors (Lipinski definition) is 2. The average molecular weight is 535 g/mol. The molecule has 0 saturated heterocycles. The minimum absolute atomic E-state index is 0.0101. The number of fused-ring (bicyclic) bond motifs is 1. The quantitative estimate of drug-likeness (QED) is 0.343. The van der Waals surface area contributed by atoms with Crippen molar-refractivity contribution in [1.82, 2.24) is 5.32 Å². The summed E-state index contributed by atoms with van der Waals surface area (Å²) in [4.78, 5) is 35.7. The van der Waals surface area contributed by atoms with Gasteiger partial charge in [-0.3, -0.25) is 24.4 Å². The molecule has 1 aliphatic heterocycles. The van der Waals surface area contributed by atoms with E-state index in [-0.39, 0.29) is 44.7 Å². The lowest BCUT2D eigenvalue weighted by atomic mass is 10.1. The number of sulfonamides is 1. The molecule has 0 aromatic heterocycles. The molecule has 180 valence electrons. The third-order valence-electron chi connectivity index (χ3n) is 5.00. The second kappa shape index (κ2) is 9.57. The lowest BCUT2D eigenvalue weighted by Gasteiger charge is -2.16. The molecule has 9 nitrogen and oxygen atoms in total. The van der Waals surface area contributed by atoms with Gasteiger partial charge in [0.25, 0.3) is 21.8 Å². The van der Waals surface area contributed by atoms with Crippen molar-refractivity contribution in [3.8, 4) is 11.5 Å². The number of methoxy groups -OCH3 is 1. The molecule has 1 heterocycles. The number of halogens is 2. The molecular formula is C23H16Cl2N2O7S. The van der Waals surface area contributed by atoms with Crippen LogP contribution in [-0.4, -0.2) is 33.3 Å². The zero-order chi connectivity index (χ0) is 25.3. The number of imide groups is 1. The average Bonchev–Trinajstić information content (AvgIpc) is 3.08. The van der Waals surface area contributed by atoms with Crippen molar-refractivity contribution < 1.29 is 32.3 Å². The van der Waals surface area contributed by atoms with Gasteiger partial charge in [-0.1, -0.05) is 29.3 Å². The highest BCUT2D eigenvalue weighted by Crippen LogP contribution is 2.38. The Labute approximate surface area is 210 Å². The van der Waals surface area contributed by atoms with Crippen LogP contribution in [0.3, 0.4) is 0 Å². The van der Waals surface area contributed by atoms with Crippen LogP contribution >= 0.6 is 23.2 Å². The molecule has 0 atom stereocenters. The van der Waals surface area contributed by atoms with E-state index in [1.807, 2.05) is 0 Å². The van der Waals surface area contributed by atoms with E-state index >= 15 is 0 Å². The number of hydrogen-bond acceptors (Lipinski definition) is 7. The first-order chi connectivity index (χ1) is 16.6. The molecule has 2 amide bonds. The molecule has 1 aliphatic rings. The fraction of sp³-hybridized carbons (Fsp3) is 0.0870. The fourth-order valence-corrected chi connectivity index (χ4v) is 4.70. The summed E-state index contributed by atoms with van der Waals surface area (Å²) in [6.07, 6.45) is -0.0101. The summed E-state index contributed by atoms with van der Waals surface area (Å²) < 4.78 is 38.8. The van der Waals surface area contributed by atoms with E-state index in [9.17, 15) is 22.8 Å². The van der Waals surface area contributed by atoms with E-state index in [0.29, 0.717) is 10.6 Å². The van der Waals surface area contributed by atoms with Gasteiger partial charge in [0.1, 0.15) is 5.75 Å². The van der Waals surface area contributed by atoms with Crippen LogP contribution in [-0.2, 0) is 26.0 Å². The zero-order valence-electron chi connectivity index (χ0n) is 17.9. The van der Waals surface area contributed by atoms with Crippen molar-refractivity contribution >= 4 is 56.7 Å². The van der Waals surface area contributed by atoms with E-state index < -0.39 is 27.8 Å². The molecule has 12 heteroatoms. The molecule has 0 bridgehead atoms. The monoisotopic (exact) mass is 534 g/mol. The molecule has 3 aromatic carbocycles. The van der Waals surface area contributed by atoms with Crippen molar-refractivity contribution in [2.24, 2.45) is 0 Å². The van der Waals surface area contributed by atoms with Crippen LogP contribution in [0, 0.1) is 0 Å². The van der Waals surface area contributed by atoms with Gasteiger partial charge in [0.15, 0.2) is 5.75 Å². The van der Waals surface area contributed by atoms with Crippen LogP contribution in [0.1, 0.15) is 26.3 Å². The highest BCUT2D eigenvalue weighted by molar-refractivity contribution is 7.92. The number of carbonyl (C=O) groups excluding carboxylic acids is 3. The van der Waals surface area contributed by atoms with Gasteiger partial charge in [0.2, 0.25) is 0 Å². The number of ether oxygens (including phenoxy) is 2. The van der Waals surface area contributed by atoms with E-state index in [1.165, 1.54) is 55.6 Å². The van der Waals surface area contributed by atoms with Gasteiger partial charge in [-0.15, -0.1) is 0 Å². The first-order valence-corrected chi connectivity index (χ1v) is 12.2. The molecule has 3 aromatic rings. The Morgan fingerprint density at radius 2 is 1.60 bits per heavy atom. The highest BCUT2D eigenvalue weighted by atomic mass is 35.5. The lowest BCUT2D eigenvalue weighted by Crippen LogP contribution is -2.19. The van der Waals surface area contributed by atoms with E-state index in [1.54, 1.807) is 6.07 Å². The van der Waals surface area contributed by atoms with Crippen LogP contribution in [0.2, 0.25) is 10.0 Å². The summed E-state index contributed by atoms with van der Waals surface area (Å²) in [5.74, 6) is -1.73. The lowest BCUT2D eigenvalue weighted by molar-refractivity contribution is -0.139. The Morgan fingerprint density at radius 3 is 2.23 bits per heavy atom. The largest absolute Gasteiger partial charge is 0.469 e. The molecule has 0 fully saturated rings. The van der Waals surface area contributed by atoms with Crippen LogP contribution in [0.15, 0.2) is 59.5 Å². The number of anilines is 1. The first kappa shape index (κ1) is 24.5. The molecule has 0 unspecified atom stereocenters. The van der Waals surface area contributed by atoms with Gasteiger partial charge in [-0.25, -0.2) is 8.42 Å². The SMILES string of the molecule is COC(=O)Cc1ccc(Oc2cc3c(cc2NS(=O)(=O)c2ccc(Cl)cc2)C(=O)NC3=O)c(Cl)c1. The maximum absolute atomic E-state index is 13.0. The summed E-state index contributed by atoms with van der Waals surface area (Å²) in [7, 11) is -2.85. The molecule has 0 aliphatic carbocycles.